The second-order valence-electron chi connectivity index (χ2n) is 2.40. The number of isocyanates is 1. The van der Waals surface area contributed by atoms with E-state index in [1.54, 1.807) is 12.1 Å². The molecule has 0 spiro atoms. The van der Waals surface area contributed by atoms with Gasteiger partial charge in [-0.1, -0.05) is 0 Å². The van der Waals surface area contributed by atoms with Crippen molar-refractivity contribution in [3.05, 3.63) is 28.7 Å². The minimum absolute atomic E-state index is 0.430. The number of H-pyrrole nitrogens is 1. The first-order valence-corrected chi connectivity index (χ1v) is 3.50. The van der Waals surface area contributed by atoms with E-state index in [1.165, 1.54) is 12.1 Å². The molecule has 0 aliphatic heterocycles. The third kappa shape index (κ3) is 1.28. The summed E-state index contributed by atoms with van der Waals surface area (Å²) in [7, 11) is 0. The predicted molar refractivity (Wildman–Crippen MR) is 44.6 cm³/mol. The van der Waals surface area contributed by atoms with Crippen LogP contribution in [0.25, 0.3) is 11.1 Å². The molecule has 1 aromatic heterocycles. The summed E-state index contributed by atoms with van der Waals surface area (Å²) in [6.07, 6.45) is 1.41. The Balaban J connectivity index is 2.74. The molecule has 0 aliphatic rings. The van der Waals surface area contributed by atoms with Crippen LogP contribution in [0, 0.1) is 0 Å². The summed E-state index contributed by atoms with van der Waals surface area (Å²) in [5.41, 5.74) is 1.39. The van der Waals surface area contributed by atoms with E-state index in [2.05, 4.69) is 9.98 Å². The fourth-order valence-corrected chi connectivity index (χ4v) is 1.06. The van der Waals surface area contributed by atoms with Crippen LogP contribution < -0.4 is 5.76 Å². The molecule has 64 valence electrons. The van der Waals surface area contributed by atoms with Gasteiger partial charge in [0.05, 0.1) is 11.2 Å². The van der Waals surface area contributed by atoms with E-state index in [0.717, 1.165) is 0 Å². The van der Waals surface area contributed by atoms with Gasteiger partial charge in [-0.3, -0.25) is 4.98 Å². The van der Waals surface area contributed by atoms with Crippen molar-refractivity contribution in [3.8, 4) is 0 Å². The van der Waals surface area contributed by atoms with Gasteiger partial charge in [0.15, 0.2) is 5.58 Å². The van der Waals surface area contributed by atoms with Gasteiger partial charge in [0.25, 0.3) is 0 Å². The zero-order chi connectivity index (χ0) is 9.26. The number of aromatic amines is 1. The van der Waals surface area contributed by atoms with Gasteiger partial charge < -0.3 is 4.42 Å². The average molecular weight is 176 g/mol. The minimum atomic E-state index is -0.526. The molecule has 1 aromatic carbocycles. The Kier molecular flexibility index (Phi) is 1.58. The van der Waals surface area contributed by atoms with Gasteiger partial charge in [-0.2, -0.15) is 4.99 Å². The molecular formula is C8H4N2O3. The molecule has 0 bridgehead atoms. The number of rotatable bonds is 1. The van der Waals surface area contributed by atoms with E-state index < -0.39 is 5.76 Å². The second kappa shape index (κ2) is 2.73. The maximum absolute atomic E-state index is 10.7. The highest BCUT2D eigenvalue weighted by molar-refractivity contribution is 5.76. The number of nitrogens with one attached hydrogen (secondary N) is 1. The highest BCUT2D eigenvalue weighted by Crippen LogP contribution is 2.17. The van der Waals surface area contributed by atoms with Gasteiger partial charge >= 0.3 is 5.76 Å². The highest BCUT2D eigenvalue weighted by Gasteiger charge is 2.00. The lowest BCUT2D eigenvalue weighted by atomic mass is 10.3. The first-order valence-electron chi connectivity index (χ1n) is 3.50. The fourth-order valence-electron chi connectivity index (χ4n) is 1.06. The molecule has 0 saturated carbocycles. The zero-order valence-corrected chi connectivity index (χ0v) is 6.40. The molecule has 13 heavy (non-hydrogen) atoms. The van der Waals surface area contributed by atoms with Crippen LogP contribution in [0.1, 0.15) is 0 Å². The van der Waals surface area contributed by atoms with E-state index in [9.17, 15) is 9.59 Å². The normalized spacial score (nSPS) is 9.85. The van der Waals surface area contributed by atoms with Crippen LogP contribution in [0.5, 0.6) is 0 Å². The van der Waals surface area contributed by atoms with Crippen molar-refractivity contribution >= 4 is 22.9 Å². The third-order valence-electron chi connectivity index (χ3n) is 1.58. The molecule has 5 heteroatoms. The van der Waals surface area contributed by atoms with Crippen LogP contribution >= 0.6 is 0 Å². The van der Waals surface area contributed by atoms with Gasteiger partial charge in [-0.05, 0) is 18.2 Å². The first kappa shape index (κ1) is 7.52. The molecule has 5 nitrogen and oxygen atoms in total. The number of oxazole rings is 1. The number of nitrogens with zero attached hydrogens (tertiary/aromatic N) is 1. The fraction of sp³-hybridized carbons (Fsp3) is 0. The summed E-state index contributed by atoms with van der Waals surface area (Å²) in [6, 6.07) is 4.65. The molecule has 2 aromatic rings. The van der Waals surface area contributed by atoms with E-state index in [1.807, 2.05) is 0 Å². The number of benzene rings is 1. The average Bonchev–Trinajstić information content (AvgIpc) is 2.44. The van der Waals surface area contributed by atoms with Crippen molar-refractivity contribution < 1.29 is 9.21 Å². The number of hydrogen-bond acceptors (Lipinski definition) is 4. The molecular weight excluding hydrogens is 172 g/mol. The highest BCUT2D eigenvalue weighted by atomic mass is 16.4. The van der Waals surface area contributed by atoms with Crippen LogP contribution in [0.3, 0.4) is 0 Å². The second-order valence-corrected chi connectivity index (χ2v) is 2.40. The summed E-state index contributed by atoms with van der Waals surface area (Å²) in [6.45, 7) is 0. The molecule has 0 saturated heterocycles. The third-order valence-corrected chi connectivity index (χ3v) is 1.58. The molecule has 0 atom stereocenters. The number of aliphatic imine (C=N–C) groups is 1. The lowest BCUT2D eigenvalue weighted by Gasteiger charge is -1.87. The number of fused-ring (bicyclic) bond motifs is 1. The van der Waals surface area contributed by atoms with Crippen LogP contribution in [0.15, 0.2) is 32.4 Å². The standard InChI is InChI=1S/C8H4N2O3/c11-4-9-5-1-2-7-6(3-5)10-8(12)13-7/h1-3H,(H,10,12). The molecule has 1 N–H and O–H groups in total. The van der Waals surface area contributed by atoms with Gasteiger partial charge in [0.2, 0.25) is 6.08 Å². The molecule has 1 heterocycles. The van der Waals surface area contributed by atoms with Crippen molar-refractivity contribution in [1.82, 2.24) is 4.98 Å². The SMILES string of the molecule is O=C=Nc1ccc2oc(=O)[nH]c2c1. The molecule has 0 radical (unpaired) electrons. The molecule has 0 amide bonds. The van der Waals surface area contributed by atoms with Gasteiger partial charge in [0.1, 0.15) is 0 Å². The molecule has 0 unspecified atom stereocenters. The number of carbonyl (C=O) groups excluding carboxylic acids is 1. The summed E-state index contributed by atoms with van der Waals surface area (Å²) in [4.78, 5) is 26.5. The Morgan fingerprint density at radius 3 is 3.08 bits per heavy atom. The van der Waals surface area contributed by atoms with E-state index >= 15 is 0 Å². The largest absolute Gasteiger partial charge is 0.417 e. The van der Waals surface area contributed by atoms with E-state index in [4.69, 9.17) is 4.42 Å². The summed E-state index contributed by atoms with van der Waals surface area (Å²) in [5.74, 6) is -0.526. The maximum atomic E-state index is 10.7. The lowest BCUT2D eigenvalue weighted by molar-refractivity contribution is 0.555. The monoisotopic (exact) mass is 176 g/mol. The Bertz CT molecular complexity index is 546. The Hall–Kier alpha value is -2.13. The van der Waals surface area contributed by atoms with Crippen LogP contribution in [-0.2, 0) is 4.79 Å². The number of hydrogen-bond donors (Lipinski definition) is 1. The minimum Gasteiger partial charge on any atom is -0.408 e. The lowest BCUT2D eigenvalue weighted by Crippen LogP contribution is -1.92. The van der Waals surface area contributed by atoms with Crippen molar-refractivity contribution in [2.24, 2.45) is 4.99 Å². The summed E-state index contributed by atoms with van der Waals surface area (Å²) in [5, 5.41) is 0. The van der Waals surface area contributed by atoms with Crippen molar-refractivity contribution in [3.63, 3.8) is 0 Å². The van der Waals surface area contributed by atoms with E-state index in [0.29, 0.717) is 16.8 Å². The van der Waals surface area contributed by atoms with Crippen molar-refractivity contribution in [2.75, 3.05) is 0 Å². The van der Waals surface area contributed by atoms with Gasteiger partial charge in [-0.25, -0.2) is 9.59 Å². The predicted octanol–water partition coefficient (Wildman–Crippen LogP) is 1.09. The Labute approximate surface area is 71.7 Å². The summed E-state index contributed by atoms with van der Waals surface area (Å²) < 4.78 is 4.75. The smallest absolute Gasteiger partial charge is 0.408 e. The molecule has 2 rings (SSSR count). The van der Waals surface area contributed by atoms with Crippen molar-refractivity contribution in [1.29, 1.82) is 0 Å². The summed E-state index contributed by atoms with van der Waals surface area (Å²) >= 11 is 0. The quantitative estimate of drug-likeness (QED) is 0.521. The Morgan fingerprint density at radius 2 is 2.31 bits per heavy atom. The maximum Gasteiger partial charge on any atom is 0.417 e. The zero-order valence-electron chi connectivity index (χ0n) is 6.40. The van der Waals surface area contributed by atoms with Gasteiger partial charge in [-0.15, -0.1) is 0 Å². The van der Waals surface area contributed by atoms with Crippen molar-refractivity contribution in [2.45, 2.75) is 0 Å². The molecule has 0 aliphatic carbocycles. The van der Waals surface area contributed by atoms with E-state index in [-0.39, 0.29) is 0 Å². The topological polar surface area (TPSA) is 75.4 Å². The number of aromatic nitrogens is 1. The van der Waals surface area contributed by atoms with Crippen LogP contribution in [0.4, 0.5) is 5.69 Å². The first-order chi connectivity index (χ1) is 6.29. The Morgan fingerprint density at radius 1 is 1.46 bits per heavy atom. The van der Waals surface area contributed by atoms with Crippen LogP contribution in [-0.4, -0.2) is 11.1 Å². The van der Waals surface area contributed by atoms with Gasteiger partial charge in [0, 0.05) is 0 Å². The van der Waals surface area contributed by atoms with Crippen LogP contribution in [0.2, 0.25) is 0 Å². The molecule has 0 fully saturated rings.